The fraction of sp³-hybridized carbons (Fsp3) is 0.615. The molecule has 0 radical (unpaired) electrons. The van der Waals surface area contributed by atoms with E-state index in [0.717, 1.165) is 77.1 Å². The molecule has 4 heterocycles. The lowest BCUT2D eigenvalue weighted by molar-refractivity contribution is 0.0336. The van der Waals surface area contributed by atoms with Gasteiger partial charge in [0.15, 0.2) is 0 Å². The van der Waals surface area contributed by atoms with Crippen LogP contribution in [0.25, 0.3) is 0 Å². The topological polar surface area (TPSA) is 50.7 Å². The maximum Gasteiger partial charge on any atom is 0.0594 e. The summed E-state index contributed by atoms with van der Waals surface area (Å²) in [7, 11) is 0. The summed E-state index contributed by atoms with van der Waals surface area (Å²) >= 11 is 0. The van der Waals surface area contributed by atoms with Crippen LogP contribution in [0.1, 0.15) is 50.2 Å². The van der Waals surface area contributed by atoms with Crippen LogP contribution in [-0.2, 0) is 22.6 Å². The molecule has 0 spiro atoms. The Morgan fingerprint density at radius 3 is 1.78 bits per heavy atom. The summed E-state index contributed by atoms with van der Waals surface area (Å²) < 4.78 is 10.6. The Hall–Kier alpha value is -1.86. The van der Waals surface area contributed by atoms with Crippen LogP contribution in [-0.4, -0.2) is 72.4 Å². The highest BCUT2D eigenvalue weighted by molar-refractivity contribution is 5.15. The number of pyridine rings is 2. The molecule has 2 aliphatic rings. The molecule has 0 saturated carbocycles. The Balaban J connectivity index is 0.000000277. The van der Waals surface area contributed by atoms with E-state index in [1.54, 1.807) is 0 Å². The van der Waals surface area contributed by atoms with E-state index in [4.69, 9.17) is 9.47 Å². The maximum atomic E-state index is 5.31. The van der Waals surface area contributed by atoms with Gasteiger partial charge in [0.1, 0.15) is 0 Å². The largest absolute Gasteiger partial charge is 0.379 e. The van der Waals surface area contributed by atoms with E-state index < -0.39 is 0 Å². The number of morpholine rings is 2. The van der Waals surface area contributed by atoms with Crippen molar-refractivity contribution in [2.45, 2.75) is 54.6 Å². The molecule has 32 heavy (non-hydrogen) atoms. The van der Waals surface area contributed by atoms with Crippen LogP contribution in [0.4, 0.5) is 0 Å². The lowest BCUT2D eigenvalue weighted by Crippen LogP contribution is -2.35. The van der Waals surface area contributed by atoms with Crippen molar-refractivity contribution in [2.75, 3.05) is 52.6 Å². The zero-order chi connectivity index (χ0) is 23.6. The second-order valence-electron chi connectivity index (χ2n) is 7.41. The summed E-state index contributed by atoms with van der Waals surface area (Å²) in [6.07, 6.45) is 3.76. The van der Waals surface area contributed by atoms with E-state index in [1.165, 1.54) is 11.1 Å². The normalized spacial score (nSPS) is 16.4. The van der Waals surface area contributed by atoms with Crippen molar-refractivity contribution in [3.8, 4) is 0 Å². The molecule has 0 N–H and O–H groups in total. The van der Waals surface area contributed by atoms with Gasteiger partial charge in [-0.3, -0.25) is 19.8 Å². The standard InChI is InChI=1S/2C11H16N2O.2C2H6/c1-10-8-11(2-3-12-10)9-13-4-6-14-7-5-13;1-10-2-3-12-11(8-10)9-13-4-6-14-7-5-13;2*1-2/h2*2-3,8H,4-7,9H2,1H3;2*1-2H3. The zero-order valence-corrected chi connectivity index (χ0v) is 21.1. The fourth-order valence-corrected chi connectivity index (χ4v) is 3.39. The molecule has 0 amide bonds. The fourth-order valence-electron chi connectivity index (χ4n) is 3.39. The molecule has 0 aromatic carbocycles. The maximum absolute atomic E-state index is 5.31. The highest BCUT2D eigenvalue weighted by Gasteiger charge is 2.11. The monoisotopic (exact) mass is 444 g/mol. The number of rotatable bonds is 4. The molecule has 2 fully saturated rings. The van der Waals surface area contributed by atoms with Crippen molar-refractivity contribution in [2.24, 2.45) is 0 Å². The van der Waals surface area contributed by atoms with Crippen LogP contribution in [0.15, 0.2) is 36.7 Å². The Labute approximate surface area is 196 Å². The molecule has 180 valence electrons. The molecule has 2 saturated heterocycles. The number of aryl methyl sites for hydroxylation is 2. The molecule has 2 aromatic rings. The van der Waals surface area contributed by atoms with Gasteiger partial charge >= 0.3 is 0 Å². The molecule has 0 bridgehead atoms. The highest BCUT2D eigenvalue weighted by Crippen LogP contribution is 2.07. The van der Waals surface area contributed by atoms with Gasteiger partial charge in [0.2, 0.25) is 0 Å². The summed E-state index contributed by atoms with van der Waals surface area (Å²) in [5.74, 6) is 0. The minimum absolute atomic E-state index is 0.853. The number of aromatic nitrogens is 2. The van der Waals surface area contributed by atoms with Crippen LogP contribution < -0.4 is 0 Å². The first kappa shape index (κ1) is 28.2. The molecule has 0 atom stereocenters. The molecule has 4 rings (SSSR count). The summed E-state index contributed by atoms with van der Waals surface area (Å²) in [5, 5.41) is 0. The molecule has 0 unspecified atom stereocenters. The summed E-state index contributed by atoms with van der Waals surface area (Å²) in [6.45, 7) is 21.7. The van der Waals surface area contributed by atoms with Crippen LogP contribution >= 0.6 is 0 Å². The van der Waals surface area contributed by atoms with E-state index in [1.807, 2.05) is 53.1 Å². The third-order valence-electron chi connectivity index (χ3n) is 4.93. The van der Waals surface area contributed by atoms with Gasteiger partial charge in [-0.15, -0.1) is 0 Å². The predicted octanol–water partition coefficient (Wildman–Crippen LogP) is 4.50. The molecular formula is C26H44N4O2. The van der Waals surface area contributed by atoms with E-state index in [2.05, 4.69) is 44.9 Å². The molecule has 6 nitrogen and oxygen atoms in total. The van der Waals surface area contributed by atoms with Gasteiger partial charge in [-0.1, -0.05) is 27.7 Å². The third kappa shape index (κ3) is 11.7. The summed E-state index contributed by atoms with van der Waals surface area (Å²) in [4.78, 5) is 13.3. The third-order valence-corrected chi connectivity index (χ3v) is 4.93. The van der Waals surface area contributed by atoms with Gasteiger partial charge in [-0.05, 0) is 49.2 Å². The van der Waals surface area contributed by atoms with Crippen molar-refractivity contribution in [1.29, 1.82) is 0 Å². The molecule has 0 aliphatic carbocycles. The van der Waals surface area contributed by atoms with E-state index in [-0.39, 0.29) is 0 Å². The lowest BCUT2D eigenvalue weighted by Gasteiger charge is -2.26. The minimum Gasteiger partial charge on any atom is -0.379 e. The van der Waals surface area contributed by atoms with Crippen LogP contribution in [0, 0.1) is 13.8 Å². The number of hydrogen-bond donors (Lipinski definition) is 0. The van der Waals surface area contributed by atoms with Crippen molar-refractivity contribution in [3.05, 3.63) is 59.2 Å². The Bertz CT molecular complexity index is 653. The highest BCUT2D eigenvalue weighted by atomic mass is 16.5. The van der Waals surface area contributed by atoms with Gasteiger partial charge in [0.05, 0.1) is 32.1 Å². The SMILES string of the molecule is CC.CC.Cc1cc(CN2CCOCC2)ccn1.Cc1ccnc(CN2CCOCC2)c1. The van der Waals surface area contributed by atoms with E-state index in [9.17, 15) is 0 Å². The van der Waals surface area contributed by atoms with Crippen molar-refractivity contribution < 1.29 is 9.47 Å². The summed E-state index contributed by atoms with van der Waals surface area (Å²) in [6, 6.07) is 8.41. The first-order valence-corrected chi connectivity index (χ1v) is 12.1. The Morgan fingerprint density at radius 1 is 0.719 bits per heavy atom. The van der Waals surface area contributed by atoms with Gasteiger partial charge in [0, 0.05) is 57.4 Å². The first-order chi connectivity index (χ1) is 15.7. The minimum atomic E-state index is 0.853. The average Bonchev–Trinajstić information content (AvgIpc) is 2.84. The van der Waals surface area contributed by atoms with E-state index in [0.29, 0.717) is 0 Å². The van der Waals surface area contributed by atoms with Crippen LogP contribution in [0.3, 0.4) is 0 Å². The number of hydrogen-bond acceptors (Lipinski definition) is 6. The van der Waals surface area contributed by atoms with Gasteiger partial charge in [0.25, 0.3) is 0 Å². The van der Waals surface area contributed by atoms with Gasteiger partial charge < -0.3 is 9.47 Å². The Kier molecular flexibility index (Phi) is 15.6. The number of nitrogens with zero attached hydrogens (tertiary/aromatic N) is 4. The van der Waals surface area contributed by atoms with Crippen molar-refractivity contribution in [3.63, 3.8) is 0 Å². The first-order valence-electron chi connectivity index (χ1n) is 12.1. The Morgan fingerprint density at radius 2 is 1.25 bits per heavy atom. The average molecular weight is 445 g/mol. The zero-order valence-electron chi connectivity index (χ0n) is 21.1. The quantitative estimate of drug-likeness (QED) is 0.692. The van der Waals surface area contributed by atoms with Gasteiger partial charge in [-0.25, -0.2) is 0 Å². The second-order valence-corrected chi connectivity index (χ2v) is 7.41. The smallest absolute Gasteiger partial charge is 0.0594 e. The van der Waals surface area contributed by atoms with Crippen molar-refractivity contribution in [1.82, 2.24) is 19.8 Å². The molecule has 2 aromatic heterocycles. The molecule has 6 heteroatoms. The van der Waals surface area contributed by atoms with Crippen LogP contribution in [0.2, 0.25) is 0 Å². The number of ether oxygens (including phenoxy) is 2. The van der Waals surface area contributed by atoms with Gasteiger partial charge in [-0.2, -0.15) is 0 Å². The van der Waals surface area contributed by atoms with Crippen molar-refractivity contribution >= 4 is 0 Å². The second kappa shape index (κ2) is 17.7. The predicted molar refractivity (Wildman–Crippen MR) is 133 cm³/mol. The van der Waals surface area contributed by atoms with Crippen LogP contribution in [0.5, 0.6) is 0 Å². The molecule has 2 aliphatic heterocycles. The van der Waals surface area contributed by atoms with E-state index >= 15 is 0 Å². The molecular weight excluding hydrogens is 400 g/mol. The lowest BCUT2D eigenvalue weighted by atomic mass is 10.2. The summed E-state index contributed by atoms with van der Waals surface area (Å²) in [5.41, 5.74) is 4.88.